The number of aliphatic hydroxyl groups excluding tert-OH is 2. The number of primary amides is 1. The molecule has 4 atom stereocenters. The second-order valence-corrected chi connectivity index (χ2v) is 11.4. The van der Waals surface area contributed by atoms with Gasteiger partial charge in [-0.15, -0.1) is 0 Å². The van der Waals surface area contributed by atoms with E-state index in [4.69, 9.17) is 5.73 Å². The zero-order chi connectivity index (χ0) is 30.0. The van der Waals surface area contributed by atoms with Gasteiger partial charge in [-0.3, -0.25) is 24.2 Å². The summed E-state index contributed by atoms with van der Waals surface area (Å²) in [7, 11) is 3.30. The molecule has 0 aromatic heterocycles. The Morgan fingerprint density at radius 2 is 1.85 bits per heavy atom. The van der Waals surface area contributed by atoms with Crippen molar-refractivity contribution in [2.45, 2.75) is 37.9 Å². The molecule has 0 saturated heterocycles. The third kappa shape index (κ3) is 4.93. The van der Waals surface area contributed by atoms with E-state index in [-0.39, 0.29) is 36.3 Å². The van der Waals surface area contributed by atoms with Crippen molar-refractivity contribution in [2.24, 2.45) is 23.5 Å². The average Bonchev–Trinajstić information content (AvgIpc) is 2.86. The highest BCUT2D eigenvalue weighted by Crippen LogP contribution is 2.51. The first-order chi connectivity index (χ1) is 19.2. The van der Waals surface area contributed by atoms with Gasteiger partial charge in [0.05, 0.1) is 23.9 Å². The summed E-state index contributed by atoms with van der Waals surface area (Å²) >= 11 is 0. The third-order valence-electron chi connectivity index (χ3n) is 8.80. The van der Waals surface area contributed by atoms with Gasteiger partial charge in [-0.05, 0) is 68.0 Å². The van der Waals surface area contributed by atoms with E-state index in [1.807, 2.05) is 6.08 Å². The van der Waals surface area contributed by atoms with Crippen LogP contribution in [0.3, 0.4) is 0 Å². The van der Waals surface area contributed by atoms with Crippen molar-refractivity contribution >= 4 is 28.8 Å². The number of hydrogen-bond donors (Lipinski definition) is 4. The molecule has 2 unspecified atom stereocenters. The molecule has 220 valence electrons. The van der Waals surface area contributed by atoms with Crippen LogP contribution in [0.15, 0.2) is 35.1 Å². The molecular weight excluding hydrogens is 543 g/mol. The lowest BCUT2D eigenvalue weighted by Crippen LogP contribution is -2.55. The lowest BCUT2D eigenvalue weighted by atomic mass is 9.59. The quantitative estimate of drug-likeness (QED) is 0.310. The van der Waals surface area contributed by atoms with E-state index < -0.39 is 71.0 Å². The lowest BCUT2D eigenvalue weighted by Gasteiger charge is -2.46. The van der Waals surface area contributed by atoms with Gasteiger partial charge in [-0.2, -0.15) is 13.2 Å². The minimum atomic E-state index is -4.24. The van der Waals surface area contributed by atoms with Crippen LogP contribution in [-0.2, 0) is 20.8 Å². The van der Waals surface area contributed by atoms with E-state index in [2.05, 4.69) is 0 Å². The van der Waals surface area contributed by atoms with Crippen molar-refractivity contribution in [3.63, 3.8) is 0 Å². The normalized spacial score (nSPS) is 27.0. The second-order valence-electron chi connectivity index (χ2n) is 11.4. The molecule has 0 bridgehead atoms. The van der Waals surface area contributed by atoms with Gasteiger partial charge in [-0.25, -0.2) is 0 Å². The van der Waals surface area contributed by atoms with Gasteiger partial charge in [0, 0.05) is 25.2 Å². The number of aromatic hydroxyl groups is 1. The zero-order valence-electron chi connectivity index (χ0n) is 22.7. The van der Waals surface area contributed by atoms with Gasteiger partial charge in [0.1, 0.15) is 22.8 Å². The topological polar surface area (TPSA) is 144 Å². The number of ketones is 2. The zero-order valence-corrected chi connectivity index (χ0v) is 22.7. The number of rotatable bonds is 5. The van der Waals surface area contributed by atoms with Crippen LogP contribution >= 0.6 is 0 Å². The highest BCUT2D eigenvalue weighted by molar-refractivity contribution is 6.28. The first-order valence-corrected chi connectivity index (χ1v) is 13.5. The van der Waals surface area contributed by atoms with E-state index in [9.17, 15) is 42.9 Å². The Morgan fingerprint density at radius 1 is 1.15 bits per heavy atom. The fourth-order valence-electron chi connectivity index (χ4n) is 7.01. The Bertz CT molecular complexity index is 1430. The molecule has 1 saturated carbocycles. The van der Waals surface area contributed by atoms with Crippen LogP contribution in [0.5, 0.6) is 5.75 Å². The number of halogens is 3. The molecule has 12 heteroatoms. The molecule has 1 amide bonds. The minimum Gasteiger partial charge on any atom is -0.510 e. The Hall–Kier alpha value is -3.64. The van der Waals surface area contributed by atoms with Crippen molar-refractivity contribution in [3.05, 3.63) is 51.8 Å². The van der Waals surface area contributed by atoms with Gasteiger partial charge < -0.3 is 21.1 Å². The second kappa shape index (κ2) is 10.3. The highest BCUT2D eigenvalue weighted by atomic mass is 19.4. The monoisotopic (exact) mass is 575 g/mol. The van der Waals surface area contributed by atoms with Crippen molar-refractivity contribution in [2.75, 3.05) is 33.7 Å². The molecule has 1 fully saturated rings. The SMILES string of the molecule is CN(C)[C@@H]1C(O)=C(C(N)=O)C(=O)C2C(=O)C3=C(O)c4c(O)ccc(C5=CCN(CCC(F)(F)F)CC5)c4CC3C[C@@H]21. The predicted octanol–water partition coefficient (Wildman–Crippen LogP) is 2.89. The summed E-state index contributed by atoms with van der Waals surface area (Å²) in [4.78, 5) is 42.5. The number of alkyl halides is 3. The van der Waals surface area contributed by atoms with Gasteiger partial charge in [0.15, 0.2) is 11.6 Å². The number of allylic oxidation sites excluding steroid dienone is 1. The fraction of sp³-hybridized carbons (Fsp3) is 0.483. The van der Waals surface area contributed by atoms with Crippen LogP contribution < -0.4 is 5.73 Å². The molecule has 5 rings (SSSR count). The van der Waals surface area contributed by atoms with Crippen molar-refractivity contribution in [3.8, 4) is 5.75 Å². The van der Waals surface area contributed by atoms with E-state index in [1.165, 1.54) is 6.07 Å². The van der Waals surface area contributed by atoms with Gasteiger partial charge >= 0.3 is 6.18 Å². The Kier molecular flexibility index (Phi) is 7.27. The Morgan fingerprint density at radius 3 is 2.44 bits per heavy atom. The summed E-state index contributed by atoms with van der Waals surface area (Å²) < 4.78 is 38.0. The minimum absolute atomic E-state index is 0.00165. The van der Waals surface area contributed by atoms with Gasteiger partial charge in [0.2, 0.25) is 0 Å². The van der Waals surface area contributed by atoms with E-state index in [0.29, 0.717) is 25.1 Å². The van der Waals surface area contributed by atoms with Crippen LogP contribution in [0.4, 0.5) is 13.2 Å². The van der Waals surface area contributed by atoms with E-state index >= 15 is 0 Å². The number of likely N-dealkylation sites (N-methyl/N-ethyl adjacent to an activating group) is 1. The average molecular weight is 576 g/mol. The van der Waals surface area contributed by atoms with Crippen molar-refractivity contribution in [1.29, 1.82) is 0 Å². The number of amides is 1. The van der Waals surface area contributed by atoms with Crippen LogP contribution in [-0.4, -0.2) is 88.5 Å². The summed E-state index contributed by atoms with van der Waals surface area (Å²) in [6, 6.07) is 2.27. The summed E-state index contributed by atoms with van der Waals surface area (Å²) in [5, 5.41) is 33.0. The number of benzene rings is 1. The maximum atomic E-state index is 13.8. The molecule has 0 spiro atoms. The van der Waals surface area contributed by atoms with E-state index in [1.54, 1.807) is 30.0 Å². The number of Topliss-reactive ketones (excluding diaryl/α,β-unsaturated/α-hetero) is 2. The number of carbonyl (C=O) groups excluding carboxylic acids is 3. The molecule has 4 aliphatic rings. The summed E-state index contributed by atoms with van der Waals surface area (Å²) in [6.45, 7) is 0.627. The number of nitrogens with two attached hydrogens (primary N) is 1. The summed E-state index contributed by atoms with van der Waals surface area (Å²) in [5.41, 5.74) is 7.07. The van der Waals surface area contributed by atoms with Crippen LogP contribution in [0.2, 0.25) is 0 Å². The molecule has 1 aliphatic heterocycles. The van der Waals surface area contributed by atoms with Gasteiger partial charge in [-0.1, -0.05) is 12.1 Å². The number of aliphatic hydroxyl groups is 2. The smallest absolute Gasteiger partial charge is 0.390 e. The Labute approximate surface area is 234 Å². The maximum Gasteiger partial charge on any atom is 0.390 e. The number of nitrogens with zero attached hydrogens (tertiary/aromatic N) is 2. The maximum absolute atomic E-state index is 13.8. The lowest BCUT2D eigenvalue weighted by molar-refractivity contribution is -0.138. The molecule has 1 aromatic rings. The number of phenols is 1. The predicted molar refractivity (Wildman–Crippen MR) is 142 cm³/mol. The summed E-state index contributed by atoms with van der Waals surface area (Å²) in [6.07, 6.45) is -2.33. The molecule has 3 aliphatic carbocycles. The highest BCUT2D eigenvalue weighted by Gasteiger charge is 2.55. The van der Waals surface area contributed by atoms with Crippen molar-refractivity contribution in [1.82, 2.24) is 9.80 Å². The molecule has 1 aromatic carbocycles. The molecule has 41 heavy (non-hydrogen) atoms. The van der Waals surface area contributed by atoms with E-state index in [0.717, 1.165) is 11.1 Å². The standard InChI is InChI=1S/C29H32F3N3O6/c1-34(2)23-17-12-14-11-16-15(13-5-8-35(9-6-13)10-7-29(30,31)32)3-4-18(36)20(16)24(37)19(14)25(38)21(17)26(39)22(27(23)40)28(33)41/h3-5,14,17,21,23,36-37,40H,6-12H2,1-2H3,(H2,33,41)/t14?,17-,21?,23-/m0/s1. The molecule has 0 radical (unpaired) electrons. The van der Waals surface area contributed by atoms with Crippen molar-refractivity contribution < 1.29 is 42.9 Å². The fourth-order valence-corrected chi connectivity index (χ4v) is 7.01. The first kappa shape index (κ1) is 28.9. The number of carbonyl (C=O) groups is 3. The first-order valence-electron chi connectivity index (χ1n) is 13.5. The number of hydrogen-bond acceptors (Lipinski definition) is 8. The summed E-state index contributed by atoms with van der Waals surface area (Å²) in [5.74, 6) is -6.40. The van der Waals surface area contributed by atoms with Gasteiger partial charge in [0.25, 0.3) is 5.91 Å². The Balaban J connectivity index is 1.53. The van der Waals surface area contributed by atoms with Crippen LogP contribution in [0.25, 0.3) is 11.3 Å². The molecule has 9 nitrogen and oxygen atoms in total. The molecular formula is C29H32F3N3O6. The van der Waals surface area contributed by atoms with Crippen LogP contribution in [0.1, 0.15) is 36.0 Å². The molecule has 1 heterocycles. The molecule has 5 N–H and O–H groups in total. The number of phenolic OH excluding ortho intramolecular Hbond substituents is 1. The third-order valence-corrected chi connectivity index (χ3v) is 8.80. The number of fused-ring (bicyclic) bond motifs is 3. The van der Waals surface area contributed by atoms with Crippen LogP contribution in [0, 0.1) is 17.8 Å². The largest absolute Gasteiger partial charge is 0.510 e.